The minimum atomic E-state index is -0.901. The predicted octanol–water partition coefficient (Wildman–Crippen LogP) is 7.23. The third kappa shape index (κ3) is 5.81. The molecule has 1 unspecified atom stereocenters. The zero-order chi connectivity index (χ0) is 27.4. The number of hydrogen-bond donors (Lipinski definition) is 1. The Hall–Kier alpha value is -3.49. The Morgan fingerprint density at radius 3 is 2.53 bits per heavy atom. The molecule has 1 heterocycles. The van der Waals surface area contributed by atoms with Crippen molar-refractivity contribution in [1.82, 2.24) is 14.5 Å². The van der Waals surface area contributed by atoms with Gasteiger partial charge in [-0.05, 0) is 61.7 Å². The average molecular weight is 559 g/mol. The van der Waals surface area contributed by atoms with Crippen LogP contribution >= 0.6 is 23.2 Å². The van der Waals surface area contributed by atoms with E-state index in [1.807, 2.05) is 13.8 Å². The molecule has 0 aliphatic carbocycles. The van der Waals surface area contributed by atoms with E-state index in [1.165, 1.54) is 4.90 Å². The molecule has 0 bridgehead atoms. The minimum absolute atomic E-state index is 0.167. The number of hydrogen-bond acceptors (Lipinski definition) is 3. The molecule has 0 aliphatic rings. The summed E-state index contributed by atoms with van der Waals surface area (Å²) in [5.74, 6) is -1.24. The van der Waals surface area contributed by atoms with Gasteiger partial charge in [-0.1, -0.05) is 48.3 Å². The van der Waals surface area contributed by atoms with Crippen molar-refractivity contribution in [3.63, 3.8) is 0 Å². The fourth-order valence-electron chi connectivity index (χ4n) is 4.43. The number of halogens is 4. The maximum absolute atomic E-state index is 14.4. The Morgan fingerprint density at radius 2 is 1.84 bits per heavy atom. The lowest BCUT2D eigenvalue weighted by molar-refractivity contribution is 0.181. The van der Waals surface area contributed by atoms with Crippen LogP contribution in [0.25, 0.3) is 10.9 Å². The van der Waals surface area contributed by atoms with Crippen molar-refractivity contribution >= 4 is 45.8 Å². The van der Waals surface area contributed by atoms with Gasteiger partial charge in [0.25, 0.3) is 5.56 Å². The highest BCUT2D eigenvalue weighted by Crippen LogP contribution is 2.28. The number of fused-ring (bicyclic) bond motifs is 1. The largest absolute Gasteiger partial charge is 0.322 e. The van der Waals surface area contributed by atoms with Crippen LogP contribution in [0.2, 0.25) is 10.0 Å². The van der Waals surface area contributed by atoms with E-state index in [0.29, 0.717) is 52.2 Å². The molecule has 0 fully saturated rings. The van der Waals surface area contributed by atoms with E-state index < -0.39 is 23.7 Å². The molecule has 0 spiro atoms. The molecule has 1 N–H and O–H groups in total. The second-order valence-electron chi connectivity index (χ2n) is 8.69. The molecule has 1 aromatic heterocycles. The van der Waals surface area contributed by atoms with Gasteiger partial charge >= 0.3 is 6.03 Å². The summed E-state index contributed by atoms with van der Waals surface area (Å²) in [4.78, 5) is 33.2. The van der Waals surface area contributed by atoms with E-state index in [-0.39, 0.29) is 17.8 Å². The third-order valence-corrected chi connectivity index (χ3v) is 6.93. The third-order valence-electron chi connectivity index (χ3n) is 6.34. The standard InChI is InChI=1S/C28H26Cl2F2N4O2/c1-3-25(26-33-23-8-6-5-7-20(23)27(37)35(26)4-2)36(14-13-17-9-10-18(29)15-21(17)30)28(38)34-24-12-11-19(31)16-22(24)32/h5-12,15-16,25H,3-4,13-14H2,1-2H3,(H,34,38). The van der Waals surface area contributed by atoms with E-state index >= 15 is 0 Å². The Bertz CT molecular complexity index is 1540. The lowest BCUT2D eigenvalue weighted by Crippen LogP contribution is -2.42. The summed E-state index contributed by atoms with van der Waals surface area (Å²) in [5, 5.41) is 3.96. The Morgan fingerprint density at radius 1 is 1.08 bits per heavy atom. The number of urea groups is 1. The summed E-state index contributed by atoms with van der Waals surface area (Å²) in [5.41, 5.74) is 0.898. The molecule has 6 nitrogen and oxygen atoms in total. The highest BCUT2D eigenvalue weighted by Gasteiger charge is 2.29. The van der Waals surface area contributed by atoms with Gasteiger partial charge in [-0.2, -0.15) is 0 Å². The molecule has 1 atom stereocenters. The average Bonchev–Trinajstić information content (AvgIpc) is 2.89. The molecule has 38 heavy (non-hydrogen) atoms. The lowest BCUT2D eigenvalue weighted by atomic mass is 10.1. The molecule has 4 aromatic rings. The van der Waals surface area contributed by atoms with Crippen molar-refractivity contribution in [2.75, 3.05) is 11.9 Å². The number of carbonyl (C=O) groups is 1. The first kappa shape index (κ1) is 27.5. The molecule has 10 heteroatoms. The number of carbonyl (C=O) groups excluding carboxylic acids is 1. The number of para-hydroxylation sites is 1. The van der Waals surface area contributed by atoms with Crippen molar-refractivity contribution in [3.05, 3.63) is 104 Å². The Balaban J connectivity index is 1.77. The molecule has 2 amide bonds. The zero-order valence-corrected chi connectivity index (χ0v) is 22.4. The van der Waals surface area contributed by atoms with Crippen LogP contribution in [0, 0.1) is 11.6 Å². The fourth-order valence-corrected chi connectivity index (χ4v) is 4.93. The van der Waals surface area contributed by atoms with E-state index in [0.717, 1.165) is 17.7 Å². The van der Waals surface area contributed by atoms with Gasteiger partial charge in [-0.3, -0.25) is 9.36 Å². The van der Waals surface area contributed by atoms with Crippen molar-refractivity contribution in [2.45, 2.75) is 39.3 Å². The lowest BCUT2D eigenvalue weighted by Gasteiger charge is -2.32. The molecule has 198 valence electrons. The maximum Gasteiger partial charge on any atom is 0.322 e. The van der Waals surface area contributed by atoms with Crippen molar-refractivity contribution < 1.29 is 13.6 Å². The summed E-state index contributed by atoms with van der Waals surface area (Å²) in [7, 11) is 0. The van der Waals surface area contributed by atoms with Gasteiger partial charge in [0.1, 0.15) is 17.5 Å². The number of aromatic nitrogens is 2. The topological polar surface area (TPSA) is 67.2 Å². The van der Waals surface area contributed by atoms with Gasteiger partial charge in [-0.25, -0.2) is 18.6 Å². The van der Waals surface area contributed by atoms with Crippen molar-refractivity contribution in [3.8, 4) is 0 Å². The monoisotopic (exact) mass is 558 g/mol. The highest BCUT2D eigenvalue weighted by atomic mass is 35.5. The SMILES string of the molecule is CCC(c1nc2ccccc2c(=O)n1CC)N(CCc1ccc(Cl)cc1Cl)C(=O)Nc1ccc(F)cc1F. The first-order chi connectivity index (χ1) is 18.2. The molecule has 3 aromatic carbocycles. The number of rotatable bonds is 8. The minimum Gasteiger partial charge on any atom is -0.314 e. The number of anilines is 1. The summed E-state index contributed by atoms with van der Waals surface area (Å²) in [6, 6.07) is 13.8. The van der Waals surface area contributed by atoms with Gasteiger partial charge in [0.05, 0.1) is 22.6 Å². The van der Waals surface area contributed by atoms with Gasteiger partial charge in [0, 0.05) is 29.2 Å². The van der Waals surface area contributed by atoms with E-state index in [2.05, 4.69) is 5.32 Å². The molecular formula is C28H26Cl2F2N4O2. The molecule has 0 radical (unpaired) electrons. The molecule has 4 rings (SSSR count). The molecule has 0 aliphatic heterocycles. The Kier molecular flexibility index (Phi) is 8.64. The first-order valence-corrected chi connectivity index (χ1v) is 12.9. The smallest absolute Gasteiger partial charge is 0.314 e. The van der Waals surface area contributed by atoms with Crippen molar-refractivity contribution in [2.24, 2.45) is 0 Å². The Labute approximate surface area is 228 Å². The van der Waals surface area contributed by atoms with Gasteiger partial charge in [0.15, 0.2) is 0 Å². The molecule has 0 saturated carbocycles. The van der Waals surface area contributed by atoms with Crippen LogP contribution in [0.5, 0.6) is 0 Å². The quantitative estimate of drug-likeness (QED) is 0.248. The summed E-state index contributed by atoms with van der Waals surface area (Å²) >= 11 is 12.4. The van der Waals surface area contributed by atoms with E-state index in [9.17, 15) is 18.4 Å². The maximum atomic E-state index is 14.4. The van der Waals surface area contributed by atoms with Crippen molar-refractivity contribution in [1.29, 1.82) is 0 Å². The number of nitrogens with one attached hydrogen (secondary N) is 1. The number of benzene rings is 3. The van der Waals surface area contributed by atoms with Gasteiger partial charge in [-0.15, -0.1) is 0 Å². The van der Waals surface area contributed by atoms with Crippen LogP contribution in [-0.2, 0) is 13.0 Å². The van der Waals surface area contributed by atoms with E-state index in [1.54, 1.807) is 47.0 Å². The summed E-state index contributed by atoms with van der Waals surface area (Å²) < 4.78 is 29.4. The molecule has 0 saturated heterocycles. The predicted molar refractivity (Wildman–Crippen MR) is 147 cm³/mol. The normalized spacial score (nSPS) is 11.9. The summed E-state index contributed by atoms with van der Waals surface area (Å²) in [6.45, 7) is 4.22. The second kappa shape index (κ2) is 11.9. The first-order valence-electron chi connectivity index (χ1n) is 12.2. The van der Waals surface area contributed by atoms with Crippen LogP contribution in [0.1, 0.15) is 37.7 Å². The second-order valence-corrected chi connectivity index (χ2v) is 9.54. The fraction of sp³-hybridized carbons (Fsp3) is 0.250. The number of nitrogens with zero attached hydrogens (tertiary/aromatic N) is 3. The van der Waals surface area contributed by atoms with E-state index in [4.69, 9.17) is 28.2 Å². The summed E-state index contributed by atoms with van der Waals surface area (Å²) in [6.07, 6.45) is 0.772. The van der Waals surface area contributed by atoms with Gasteiger partial charge < -0.3 is 10.2 Å². The van der Waals surface area contributed by atoms with Crippen LogP contribution in [0.15, 0.2) is 65.5 Å². The highest BCUT2D eigenvalue weighted by molar-refractivity contribution is 6.35. The van der Waals surface area contributed by atoms with Crippen LogP contribution in [0.4, 0.5) is 19.3 Å². The number of amides is 2. The van der Waals surface area contributed by atoms with Crippen LogP contribution < -0.4 is 10.9 Å². The van der Waals surface area contributed by atoms with Crippen LogP contribution in [-0.4, -0.2) is 27.0 Å². The van der Waals surface area contributed by atoms with Crippen LogP contribution in [0.3, 0.4) is 0 Å². The zero-order valence-electron chi connectivity index (χ0n) is 20.8. The van der Waals surface area contributed by atoms with Gasteiger partial charge in [0.2, 0.25) is 0 Å². The molecular weight excluding hydrogens is 533 g/mol.